The van der Waals surface area contributed by atoms with E-state index in [9.17, 15) is 0 Å². The fourth-order valence-electron chi connectivity index (χ4n) is 0.760. The van der Waals surface area contributed by atoms with E-state index in [2.05, 4.69) is 15.2 Å². The first-order chi connectivity index (χ1) is 4.88. The van der Waals surface area contributed by atoms with Gasteiger partial charge in [-0.2, -0.15) is 0 Å². The van der Waals surface area contributed by atoms with Crippen LogP contribution in [-0.4, -0.2) is 19.6 Å². The predicted molar refractivity (Wildman–Crippen MR) is 35.2 cm³/mol. The van der Waals surface area contributed by atoms with Crippen LogP contribution >= 0.6 is 0 Å². The summed E-state index contributed by atoms with van der Waals surface area (Å²) in [5.41, 5.74) is 5.54. The second-order valence-corrected chi connectivity index (χ2v) is 1.87. The Labute approximate surface area is 56.5 Å². The van der Waals surface area contributed by atoms with Crippen LogP contribution in [0.1, 0.15) is 0 Å². The van der Waals surface area contributed by atoms with Gasteiger partial charge in [0.2, 0.25) is 0 Å². The Kier molecular flexibility index (Phi) is 0.858. The molecule has 50 valence electrons. The number of hydrogen-bond acceptors (Lipinski definition) is 4. The fraction of sp³-hybridized carbons (Fsp3) is 0. The summed E-state index contributed by atoms with van der Waals surface area (Å²) < 4.78 is 1.61. The third kappa shape index (κ3) is 0.540. The molecule has 2 rings (SSSR count). The maximum atomic E-state index is 5.54. The van der Waals surface area contributed by atoms with Crippen molar-refractivity contribution in [2.75, 3.05) is 5.73 Å². The van der Waals surface area contributed by atoms with Gasteiger partial charge in [0, 0.05) is 6.20 Å². The van der Waals surface area contributed by atoms with Gasteiger partial charge in [0.1, 0.15) is 12.1 Å². The van der Waals surface area contributed by atoms with E-state index in [1.165, 1.54) is 6.33 Å². The van der Waals surface area contributed by atoms with Gasteiger partial charge in [-0.25, -0.2) is 4.98 Å². The van der Waals surface area contributed by atoms with Crippen LogP contribution in [0.25, 0.3) is 5.78 Å². The Morgan fingerprint density at radius 1 is 1.50 bits per heavy atom. The molecule has 0 aliphatic carbocycles. The average molecular weight is 135 g/mol. The van der Waals surface area contributed by atoms with Gasteiger partial charge in [0.25, 0.3) is 5.78 Å². The molecule has 0 saturated carbocycles. The maximum absolute atomic E-state index is 5.54. The van der Waals surface area contributed by atoms with Crippen molar-refractivity contribution in [3.05, 3.63) is 18.6 Å². The zero-order valence-electron chi connectivity index (χ0n) is 5.10. The molecule has 0 bridgehead atoms. The molecule has 5 nitrogen and oxygen atoms in total. The third-order valence-electron chi connectivity index (χ3n) is 1.24. The van der Waals surface area contributed by atoms with E-state index in [1.54, 1.807) is 16.7 Å². The lowest BCUT2D eigenvalue weighted by molar-refractivity contribution is 1.10. The first-order valence-electron chi connectivity index (χ1n) is 2.78. The topological polar surface area (TPSA) is 69.1 Å². The number of aromatic nitrogens is 4. The summed E-state index contributed by atoms with van der Waals surface area (Å²) in [7, 11) is 0. The van der Waals surface area contributed by atoms with E-state index in [0.29, 0.717) is 11.6 Å². The molecule has 0 fully saturated rings. The third-order valence-corrected chi connectivity index (χ3v) is 1.24. The average Bonchev–Trinajstić information content (AvgIpc) is 2.36. The largest absolute Gasteiger partial charge is 0.385 e. The molecule has 0 amide bonds. The smallest absolute Gasteiger partial charge is 0.256 e. The lowest BCUT2D eigenvalue weighted by Crippen LogP contribution is -1.95. The lowest BCUT2D eigenvalue weighted by atomic mass is 10.6. The Balaban J connectivity index is 2.95. The SMILES string of the molecule is Nc1ccnc2nncn12. The first kappa shape index (κ1) is 5.16. The number of nitrogen functional groups attached to an aromatic ring is 1. The van der Waals surface area contributed by atoms with Crippen LogP contribution in [0.3, 0.4) is 0 Å². The van der Waals surface area contributed by atoms with Crippen molar-refractivity contribution in [2.24, 2.45) is 0 Å². The van der Waals surface area contributed by atoms with E-state index in [-0.39, 0.29) is 0 Å². The first-order valence-corrected chi connectivity index (χ1v) is 2.78. The highest BCUT2D eigenvalue weighted by Crippen LogP contribution is 2.00. The quantitative estimate of drug-likeness (QED) is 0.538. The predicted octanol–water partition coefficient (Wildman–Crippen LogP) is -0.294. The van der Waals surface area contributed by atoms with Crippen LogP contribution in [-0.2, 0) is 0 Å². The van der Waals surface area contributed by atoms with Gasteiger partial charge in [-0.1, -0.05) is 0 Å². The molecule has 5 heteroatoms. The van der Waals surface area contributed by atoms with E-state index in [0.717, 1.165) is 0 Å². The highest BCUT2D eigenvalue weighted by Gasteiger charge is 1.95. The lowest BCUT2D eigenvalue weighted by Gasteiger charge is -1.93. The van der Waals surface area contributed by atoms with Crippen LogP contribution in [0.15, 0.2) is 18.6 Å². The molecule has 10 heavy (non-hydrogen) atoms. The summed E-state index contributed by atoms with van der Waals surface area (Å²) in [6.07, 6.45) is 3.12. The minimum Gasteiger partial charge on any atom is -0.385 e. The van der Waals surface area contributed by atoms with Gasteiger partial charge in [-0.15, -0.1) is 10.2 Å². The van der Waals surface area contributed by atoms with Gasteiger partial charge in [-0.05, 0) is 6.07 Å². The van der Waals surface area contributed by atoms with E-state index < -0.39 is 0 Å². The van der Waals surface area contributed by atoms with Crippen LogP contribution in [0.5, 0.6) is 0 Å². The van der Waals surface area contributed by atoms with Crippen molar-refractivity contribution in [3.63, 3.8) is 0 Å². The molecule has 0 saturated heterocycles. The van der Waals surface area contributed by atoms with Crippen LogP contribution in [0, 0.1) is 0 Å². The number of hydrogen-bond donors (Lipinski definition) is 1. The molecule has 0 aromatic carbocycles. The van der Waals surface area contributed by atoms with Crippen molar-refractivity contribution in [3.8, 4) is 0 Å². The normalized spacial score (nSPS) is 10.4. The minimum atomic E-state index is 0.528. The van der Waals surface area contributed by atoms with Crippen LogP contribution < -0.4 is 5.73 Å². The summed E-state index contributed by atoms with van der Waals surface area (Å²) >= 11 is 0. The van der Waals surface area contributed by atoms with Gasteiger partial charge in [0.05, 0.1) is 0 Å². The summed E-state index contributed by atoms with van der Waals surface area (Å²) in [5.74, 6) is 1.12. The second-order valence-electron chi connectivity index (χ2n) is 1.87. The summed E-state index contributed by atoms with van der Waals surface area (Å²) in [6, 6.07) is 1.69. The van der Waals surface area contributed by atoms with Crippen molar-refractivity contribution >= 4 is 11.6 Å². The Morgan fingerprint density at radius 2 is 2.40 bits per heavy atom. The summed E-state index contributed by atoms with van der Waals surface area (Å²) in [6.45, 7) is 0. The molecule has 0 aliphatic rings. The molecule has 2 heterocycles. The van der Waals surface area contributed by atoms with E-state index in [4.69, 9.17) is 5.73 Å². The standard InChI is InChI=1S/C5H5N5/c6-4-1-2-7-5-9-8-3-10(4)5/h1-3H,6H2. The van der Waals surface area contributed by atoms with Gasteiger partial charge in [-0.3, -0.25) is 4.40 Å². The van der Waals surface area contributed by atoms with Crippen molar-refractivity contribution < 1.29 is 0 Å². The summed E-state index contributed by atoms with van der Waals surface area (Å²) in [5, 5.41) is 7.33. The minimum absolute atomic E-state index is 0.528. The van der Waals surface area contributed by atoms with Crippen molar-refractivity contribution in [2.45, 2.75) is 0 Å². The van der Waals surface area contributed by atoms with Crippen molar-refractivity contribution in [1.82, 2.24) is 19.6 Å². The Hall–Kier alpha value is -1.65. The fourth-order valence-corrected chi connectivity index (χ4v) is 0.760. The Morgan fingerprint density at radius 3 is 3.20 bits per heavy atom. The molecule has 0 radical (unpaired) electrons. The molecular weight excluding hydrogens is 130 g/mol. The number of nitrogens with zero attached hydrogens (tertiary/aromatic N) is 4. The molecular formula is C5H5N5. The van der Waals surface area contributed by atoms with Crippen LogP contribution in [0.2, 0.25) is 0 Å². The van der Waals surface area contributed by atoms with Crippen molar-refractivity contribution in [1.29, 1.82) is 0 Å². The zero-order chi connectivity index (χ0) is 6.97. The number of rotatable bonds is 0. The molecule has 2 aromatic rings. The number of nitrogens with two attached hydrogens (primary N) is 1. The molecule has 0 atom stereocenters. The Bertz CT molecular complexity index is 352. The van der Waals surface area contributed by atoms with E-state index >= 15 is 0 Å². The maximum Gasteiger partial charge on any atom is 0.256 e. The molecule has 0 aliphatic heterocycles. The number of fused-ring (bicyclic) bond motifs is 1. The molecule has 2 aromatic heterocycles. The van der Waals surface area contributed by atoms with Gasteiger partial charge in [0.15, 0.2) is 0 Å². The molecule has 0 unspecified atom stereocenters. The monoisotopic (exact) mass is 135 g/mol. The van der Waals surface area contributed by atoms with Gasteiger partial charge < -0.3 is 5.73 Å². The second kappa shape index (κ2) is 1.66. The number of anilines is 1. The highest BCUT2D eigenvalue weighted by molar-refractivity contribution is 5.38. The molecule has 0 spiro atoms. The van der Waals surface area contributed by atoms with Gasteiger partial charge >= 0.3 is 0 Å². The van der Waals surface area contributed by atoms with Crippen LogP contribution in [0.4, 0.5) is 5.82 Å². The summed E-state index contributed by atoms with van der Waals surface area (Å²) in [4.78, 5) is 3.91. The van der Waals surface area contributed by atoms with E-state index in [1.807, 2.05) is 0 Å². The molecule has 2 N–H and O–H groups in total. The highest BCUT2D eigenvalue weighted by atomic mass is 15.3. The zero-order valence-corrected chi connectivity index (χ0v) is 5.10.